The Morgan fingerprint density at radius 2 is 1.63 bits per heavy atom. The SMILES string of the molecule is COc1cccc2c1C(=O)c1c(O)c3c(c(O)c1C2=O)C[C@@](O)(/C(CO)=N/NS(=O)(=O)c1ccccc1/C(=C1/C=C(Br)C(=O)C(Br)=C1C)c1cc(Br)c(O)c(Br)c1C)C[C@@H]3O[C@H]1CC(N)[C@H](O)C(C)O1. The molecule has 22 heteroatoms. The summed E-state index contributed by atoms with van der Waals surface area (Å²) in [5.41, 5.74) is 3.53. The Labute approximate surface area is 434 Å². The number of Topliss-reactive ketones (excluding diaryl/α,β-unsaturated/α-hetero) is 1. The minimum absolute atomic E-state index is 0.0335. The van der Waals surface area contributed by atoms with E-state index in [1.165, 1.54) is 43.5 Å². The average Bonchev–Trinajstić information content (AvgIpc) is 3.32. The Balaban J connectivity index is 1.26. The minimum atomic E-state index is -4.80. The first kappa shape index (κ1) is 51.8. The highest BCUT2D eigenvalue weighted by Crippen LogP contribution is 2.53. The van der Waals surface area contributed by atoms with E-state index in [4.69, 9.17) is 19.9 Å². The highest BCUT2D eigenvalue weighted by molar-refractivity contribution is 9.13. The summed E-state index contributed by atoms with van der Waals surface area (Å²) in [6.45, 7) is 3.84. The molecule has 0 spiro atoms. The lowest BCUT2D eigenvalue weighted by molar-refractivity contribution is -0.245. The first-order valence-electron chi connectivity index (χ1n) is 21.3. The summed E-state index contributed by atoms with van der Waals surface area (Å²) in [6.07, 6.45) is -4.55. The van der Waals surface area contributed by atoms with Crippen LogP contribution in [0.4, 0.5) is 0 Å². The Bertz CT molecular complexity index is 3200. The van der Waals surface area contributed by atoms with E-state index in [0.29, 0.717) is 32.3 Å². The van der Waals surface area contributed by atoms with Crippen molar-refractivity contribution in [3.63, 3.8) is 0 Å². The van der Waals surface area contributed by atoms with Crippen LogP contribution in [-0.2, 0) is 30.7 Å². The van der Waals surface area contributed by atoms with Crippen LogP contribution in [0.15, 0.2) is 93.7 Å². The molecule has 1 aliphatic heterocycles. The molecular formula is C48H43Br4N3O14S. The van der Waals surface area contributed by atoms with Crippen molar-refractivity contribution in [3.8, 4) is 23.0 Å². The molecule has 0 amide bonds. The lowest BCUT2D eigenvalue weighted by Gasteiger charge is -2.43. The quantitative estimate of drug-likeness (QED) is 0.0413. The van der Waals surface area contributed by atoms with Gasteiger partial charge < -0.3 is 50.6 Å². The average molecular weight is 1240 g/mol. The van der Waals surface area contributed by atoms with Crippen LogP contribution in [0, 0.1) is 6.92 Å². The largest absolute Gasteiger partial charge is 0.507 e. The molecule has 4 aliphatic rings. The zero-order valence-corrected chi connectivity index (χ0v) is 44.5. The van der Waals surface area contributed by atoms with Gasteiger partial charge in [0.1, 0.15) is 28.6 Å². The normalized spacial score (nSPS) is 24.5. The van der Waals surface area contributed by atoms with Crippen LogP contribution in [0.2, 0.25) is 0 Å². The Morgan fingerprint density at radius 1 is 0.943 bits per heavy atom. The van der Waals surface area contributed by atoms with Crippen LogP contribution in [0.3, 0.4) is 0 Å². The number of hydrogen-bond acceptors (Lipinski definition) is 16. The molecule has 4 aromatic carbocycles. The van der Waals surface area contributed by atoms with Crippen molar-refractivity contribution < 1.29 is 67.7 Å². The molecule has 0 saturated carbocycles. The van der Waals surface area contributed by atoms with Gasteiger partial charge in [0.2, 0.25) is 11.6 Å². The van der Waals surface area contributed by atoms with Gasteiger partial charge >= 0.3 is 0 Å². The number of methoxy groups -OCH3 is 1. The van der Waals surface area contributed by atoms with Gasteiger partial charge in [-0.3, -0.25) is 14.4 Å². The number of ketones is 3. The Hall–Kier alpha value is -4.59. The maximum atomic E-state index is 14.7. The van der Waals surface area contributed by atoms with Crippen LogP contribution < -0.4 is 15.3 Å². The van der Waals surface area contributed by atoms with E-state index in [1.807, 2.05) is 0 Å². The standard InChI is InChI=1S/C48H43Br4N3O14S/c1-18-23(12-26(49)44(60)39(18)51)34(24-13-27(50)45(61)40(52)19(24)2)21-8-5-6-11-31(21)70(65,66)55-54-32(17-56)48(64)15-25-36(30(16-48)69-33-14-28(53)41(57)20(3)68-33)47(63)38-37(43(25)59)42(58)22-9-7-10-29(67-4)35(22)46(38)62/h5-13,20,28,30,33,41,55-57,59-60,63-64H,14-17,53H2,1-4H3/b34-24+,54-32+/t20?,28?,30-,33-,41+,48-/m0/s1. The van der Waals surface area contributed by atoms with E-state index in [1.54, 1.807) is 39.0 Å². The van der Waals surface area contributed by atoms with Crippen molar-refractivity contribution in [1.29, 1.82) is 0 Å². The topological polar surface area (TPSA) is 285 Å². The number of allylic oxidation sites excluding steroid dienone is 5. The Kier molecular flexibility index (Phi) is 14.4. The molecule has 17 nitrogen and oxygen atoms in total. The van der Waals surface area contributed by atoms with Gasteiger partial charge in [-0.05, 0) is 137 Å². The van der Waals surface area contributed by atoms with Crippen LogP contribution >= 0.6 is 63.7 Å². The van der Waals surface area contributed by atoms with E-state index in [0.717, 1.165) is 0 Å². The summed E-state index contributed by atoms with van der Waals surface area (Å²) in [4.78, 5) is 43.2. The van der Waals surface area contributed by atoms with E-state index in [9.17, 15) is 53.4 Å². The second-order valence-corrected chi connectivity index (χ2v) is 22.1. The van der Waals surface area contributed by atoms with Gasteiger partial charge in [0.25, 0.3) is 10.0 Å². The van der Waals surface area contributed by atoms with Crippen molar-refractivity contribution >= 4 is 102 Å². The van der Waals surface area contributed by atoms with Crippen LogP contribution in [0.25, 0.3) is 5.57 Å². The zero-order chi connectivity index (χ0) is 51.0. The summed E-state index contributed by atoms with van der Waals surface area (Å²) in [6, 6.07) is 10.9. The third-order valence-electron chi connectivity index (χ3n) is 13.0. The number of hydrazone groups is 1. The summed E-state index contributed by atoms with van der Waals surface area (Å²) in [7, 11) is -3.51. The summed E-state index contributed by atoms with van der Waals surface area (Å²) in [5.74, 6) is -3.70. The van der Waals surface area contributed by atoms with Crippen molar-refractivity contribution in [1.82, 2.24) is 4.83 Å². The minimum Gasteiger partial charge on any atom is -0.507 e. The number of carbonyl (C=O) groups is 3. The number of hydrogen-bond donors (Lipinski definition) is 8. The number of aliphatic hydroxyl groups is 3. The number of phenolic OH excluding ortho intramolecular Hbond substituents is 3. The molecule has 4 aromatic rings. The molecular weight excluding hydrogens is 1190 g/mol. The number of nitrogens with two attached hydrogens (primary N) is 1. The molecule has 368 valence electrons. The molecule has 70 heavy (non-hydrogen) atoms. The van der Waals surface area contributed by atoms with E-state index in [2.05, 4.69) is 73.7 Å². The highest BCUT2D eigenvalue weighted by Gasteiger charge is 2.50. The van der Waals surface area contributed by atoms with Crippen molar-refractivity contribution in [2.45, 2.75) is 81.2 Å². The second-order valence-electron chi connectivity index (χ2n) is 17.1. The molecule has 2 unspecified atom stereocenters. The number of carbonyl (C=O) groups excluding carboxylic acids is 3. The van der Waals surface area contributed by atoms with E-state index < -0.39 is 106 Å². The summed E-state index contributed by atoms with van der Waals surface area (Å²) in [5, 5.41) is 73.2. The smallest absolute Gasteiger partial charge is 0.277 e. The second kappa shape index (κ2) is 19.4. The van der Waals surface area contributed by atoms with Gasteiger partial charge in [-0.1, -0.05) is 30.3 Å². The third kappa shape index (κ3) is 8.71. The lowest BCUT2D eigenvalue weighted by Crippen LogP contribution is -2.53. The predicted molar refractivity (Wildman–Crippen MR) is 269 cm³/mol. The number of halogens is 4. The fraction of sp³-hybridized carbons (Fsp3) is 0.292. The number of aliphatic hydroxyl groups excluding tert-OH is 2. The maximum absolute atomic E-state index is 14.7. The van der Waals surface area contributed by atoms with E-state index >= 15 is 0 Å². The number of aromatic hydroxyl groups is 3. The fourth-order valence-corrected chi connectivity index (χ4v) is 12.6. The molecule has 6 atom stereocenters. The molecule has 0 bridgehead atoms. The van der Waals surface area contributed by atoms with Crippen molar-refractivity contribution in [3.05, 3.63) is 134 Å². The molecule has 1 fully saturated rings. The lowest BCUT2D eigenvalue weighted by atomic mass is 9.71. The van der Waals surface area contributed by atoms with Gasteiger partial charge in [0.15, 0.2) is 12.1 Å². The van der Waals surface area contributed by atoms with Gasteiger partial charge in [-0.25, -0.2) is 0 Å². The number of benzene rings is 4. The van der Waals surface area contributed by atoms with Crippen LogP contribution in [-0.4, -0.2) is 106 Å². The third-order valence-corrected chi connectivity index (χ3v) is 17.4. The monoisotopic (exact) mass is 1230 g/mol. The summed E-state index contributed by atoms with van der Waals surface area (Å²) < 4.78 is 48.0. The number of ether oxygens (including phenoxy) is 3. The van der Waals surface area contributed by atoms with Gasteiger partial charge in [-0.2, -0.15) is 18.4 Å². The van der Waals surface area contributed by atoms with Crippen LogP contribution in [0.1, 0.15) is 92.5 Å². The van der Waals surface area contributed by atoms with Gasteiger partial charge in [-0.15, -0.1) is 0 Å². The van der Waals surface area contributed by atoms with Crippen molar-refractivity contribution in [2.24, 2.45) is 10.8 Å². The first-order valence-corrected chi connectivity index (χ1v) is 26.0. The number of fused-ring (bicyclic) bond motifs is 3. The van der Waals surface area contributed by atoms with E-state index in [-0.39, 0.29) is 69.9 Å². The summed E-state index contributed by atoms with van der Waals surface area (Å²) >= 11 is 13.6. The fourth-order valence-electron chi connectivity index (χ4n) is 9.32. The predicted octanol–water partition coefficient (Wildman–Crippen LogP) is 6.64. The molecule has 3 aliphatic carbocycles. The number of rotatable bonds is 10. The van der Waals surface area contributed by atoms with Crippen LogP contribution in [0.5, 0.6) is 23.0 Å². The molecule has 1 heterocycles. The first-order chi connectivity index (χ1) is 33.0. The number of phenols is 3. The van der Waals surface area contributed by atoms with Gasteiger partial charge in [0.05, 0.1) is 77.2 Å². The van der Waals surface area contributed by atoms with Gasteiger partial charge in [0, 0.05) is 47.6 Å². The number of nitrogens with one attached hydrogen (secondary N) is 1. The molecule has 9 N–H and O–H groups in total. The molecule has 8 rings (SSSR count). The zero-order valence-electron chi connectivity index (χ0n) is 37.3. The molecule has 0 radical (unpaired) electrons. The maximum Gasteiger partial charge on any atom is 0.277 e. The molecule has 0 aromatic heterocycles. The van der Waals surface area contributed by atoms with Crippen molar-refractivity contribution in [2.75, 3.05) is 13.7 Å². The highest BCUT2D eigenvalue weighted by atomic mass is 79.9. The number of sulfonamides is 1. The Morgan fingerprint density at radius 3 is 2.30 bits per heavy atom. The number of nitrogens with zero attached hydrogens (tertiary/aromatic N) is 1. The molecule has 1 saturated heterocycles.